The molecular weight excluding hydrogens is 588 g/mol. The van der Waals surface area contributed by atoms with Gasteiger partial charge in [0.25, 0.3) is 5.92 Å². The molecule has 1 aliphatic carbocycles. The number of hydrogen-bond donors (Lipinski definition) is 2. The zero-order chi connectivity index (χ0) is 31.5. The van der Waals surface area contributed by atoms with E-state index in [1.807, 2.05) is 6.92 Å². The van der Waals surface area contributed by atoms with Crippen LogP contribution in [0.3, 0.4) is 0 Å². The van der Waals surface area contributed by atoms with Gasteiger partial charge in [0, 0.05) is 17.5 Å². The van der Waals surface area contributed by atoms with Crippen molar-refractivity contribution in [1.29, 1.82) is 0 Å². The Balaban J connectivity index is 0.000000201. The van der Waals surface area contributed by atoms with Crippen molar-refractivity contribution >= 4 is 23.3 Å². The number of nitrogens with one attached hydrogen (secondary N) is 1. The number of nitrogens with zero attached hydrogens (tertiary/aromatic N) is 4. The summed E-state index contributed by atoms with van der Waals surface area (Å²) in [5.74, 6) is -1.51. The van der Waals surface area contributed by atoms with Crippen LogP contribution in [0.15, 0.2) is 40.9 Å². The van der Waals surface area contributed by atoms with E-state index in [1.165, 1.54) is 81.2 Å². The van der Waals surface area contributed by atoms with Crippen LogP contribution in [0.2, 0.25) is 5.02 Å². The number of hydrogen-bond acceptors (Lipinski definition) is 7. The lowest BCUT2D eigenvalue weighted by atomic mass is 10.0. The first-order valence-corrected chi connectivity index (χ1v) is 16.2. The van der Waals surface area contributed by atoms with Gasteiger partial charge in [0.1, 0.15) is 5.69 Å². The summed E-state index contributed by atoms with van der Waals surface area (Å²) < 4.78 is 31.3. The Morgan fingerprint density at radius 3 is 2.39 bits per heavy atom. The minimum atomic E-state index is -2.73. The fourth-order valence-corrected chi connectivity index (χ4v) is 5.51. The van der Waals surface area contributed by atoms with Crippen molar-refractivity contribution in [3.8, 4) is 11.3 Å². The van der Waals surface area contributed by atoms with Gasteiger partial charge in [-0.15, -0.1) is 0 Å². The monoisotopic (exact) mass is 631 g/mol. The average Bonchev–Trinajstić information content (AvgIpc) is 3.70. The number of carboxylic acids is 1. The van der Waals surface area contributed by atoms with Crippen LogP contribution in [0.4, 0.5) is 14.5 Å². The number of aromatic carboxylic acids is 1. The van der Waals surface area contributed by atoms with Crippen molar-refractivity contribution in [2.24, 2.45) is 5.92 Å². The SMILES string of the molecule is CCCCCCCCCCN[C@@H](CC1CC1)c1noc(C)n1.O=C(O)c1ccc(N2CC(F)(F)C2)c(-c2cccc(Cl)c2)n1. The Morgan fingerprint density at radius 1 is 1.09 bits per heavy atom. The Hall–Kier alpha value is -3.11. The third-order valence-corrected chi connectivity index (χ3v) is 8.15. The van der Waals surface area contributed by atoms with Gasteiger partial charge >= 0.3 is 5.97 Å². The van der Waals surface area contributed by atoms with Gasteiger partial charge in [-0.05, 0) is 49.6 Å². The molecule has 1 saturated carbocycles. The smallest absolute Gasteiger partial charge is 0.354 e. The third kappa shape index (κ3) is 10.5. The number of aromatic nitrogens is 3. The van der Waals surface area contributed by atoms with Crippen molar-refractivity contribution in [1.82, 2.24) is 20.4 Å². The van der Waals surface area contributed by atoms with Crippen LogP contribution in [0.5, 0.6) is 0 Å². The molecule has 1 aliphatic heterocycles. The molecule has 5 rings (SSSR count). The summed E-state index contributed by atoms with van der Waals surface area (Å²) in [6, 6.07) is 9.79. The summed E-state index contributed by atoms with van der Waals surface area (Å²) in [6.07, 6.45) is 14.8. The average molecular weight is 632 g/mol. The van der Waals surface area contributed by atoms with Crippen LogP contribution < -0.4 is 10.2 Å². The Morgan fingerprint density at radius 2 is 1.80 bits per heavy atom. The van der Waals surface area contributed by atoms with E-state index < -0.39 is 25.0 Å². The van der Waals surface area contributed by atoms with Crippen LogP contribution in [0, 0.1) is 12.8 Å². The van der Waals surface area contributed by atoms with Crippen molar-refractivity contribution in [3.63, 3.8) is 0 Å². The number of carboxylic acid groups (broad SMARTS) is 1. The summed E-state index contributed by atoms with van der Waals surface area (Å²) in [5.41, 5.74) is 1.24. The second-order valence-electron chi connectivity index (χ2n) is 11.9. The molecule has 11 heteroatoms. The summed E-state index contributed by atoms with van der Waals surface area (Å²) in [6.45, 7) is 4.39. The predicted molar refractivity (Wildman–Crippen MR) is 169 cm³/mol. The zero-order valence-corrected chi connectivity index (χ0v) is 26.5. The molecule has 2 N–H and O–H groups in total. The number of alkyl halides is 2. The first kappa shape index (κ1) is 33.8. The fraction of sp³-hybridized carbons (Fsp3) is 0.576. The largest absolute Gasteiger partial charge is 0.477 e. The number of halogens is 3. The topological polar surface area (TPSA) is 104 Å². The number of unbranched alkanes of at least 4 members (excludes halogenated alkanes) is 7. The molecule has 3 heterocycles. The maximum Gasteiger partial charge on any atom is 0.354 e. The first-order valence-electron chi connectivity index (χ1n) is 15.8. The quantitative estimate of drug-likeness (QED) is 0.152. The standard InChI is InChI=1S/C18H33N3O.C15H11ClF2N2O2/c1-3-4-5-6-7-8-9-10-13-19-17(14-16-11-12-16)18-20-15(2)22-21-18;16-10-3-1-2-9(6-10)13-12(20-7-15(17,18)8-20)5-4-11(19-13)14(21)22/h16-17,19H,3-14H2,1-2H3;1-6H,7-8H2,(H,21,22)/t17-;/m0./s1. The molecule has 0 bridgehead atoms. The molecule has 2 fully saturated rings. The van der Waals surface area contributed by atoms with Gasteiger partial charge in [0.15, 0.2) is 5.82 Å². The van der Waals surface area contributed by atoms with Crippen molar-refractivity contribution in [2.45, 2.75) is 96.4 Å². The molecule has 0 unspecified atom stereocenters. The van der Waals surface area contributed by atoms with Gasteiger partial charge in [0.05, 0.1) is 30.5 Å². The minimum absolute atomic E-state index is 0.147. The van der Waals surface area contributed by atoms with Crippen LogP contribution in [-0.2, 0) is 0 Å². The van der Waals surface area contributed by atoms with Gasteiger partial charge < -0.3 is 19.8 Å². The second-order valence-corrected chi connectivity index (χ2v) is 12.4. The number of aryl methyl sites for hydroxylation is 1. The number of carbonyl (C=O) groups is 1. The second kappa shape index (κ2) is 16.3. The van der Waals surface area contributed by atoms with Crippen LogP contribution in [-0.4, -0.2) is 51.8 Å². The van der Waals surface area contributed by atoms with Gasteiger partial charge in [-0.25, -0.2) is 18.6 Å². The Kier molecular flexibility index (Phi) is 12.5. The van der Waals surface area contributed by atoms with Crippen LogP contribution >= 0.6 is 11.6 Å². The molecule has 2 aromatic heterocycles. The maximum absolute atomic E-state index is 13.1. The highest BCUT2D eigenvalue weighted by Gasteiger charge is 2.44. The van der Waals surface area contributed by atoms with E-state index in [0.29, 0.717) is 27.9 Å². The molecule has 1 saturated heterocycles. The minimum Gasteiger partial charge on any atom is -0.477 e. The molecule has 0 spiro atoms. The highest BCUT2D eigenvalue weighted by Crippen LogP contribution is 2.38. The normalized spacial score (nSPS) is 16.2. The number of pyridine rings is 1. The van der Waals surface area contributed by atoms with E-state index in [1.54, 1.807) is 24.3 Å². The molecule has 1 atom stereocenters. The molecular formula is C33H44ClF2N5O3. The van der Waals surface area contributed by atoms with E-state index in [4.69, 9.17) is 21.2 Å². The number of rotatable bonds is 16. The summed E-state index contributed by atoms with van der Waals surface area (Å²) in [5, 5.41) is 17.3. The maximum atomic E-state index is 13.1. The lowest BCUT2D eigenvalue weighted by molar-refractivity contribution is -0.0262. The molecule has 8 nitrogen and oxygen atoms in total. The molecule has 0 amide bonds. The summed E-state index contributed by atoms with van der Waals surface area (Å²) in [7, 11) is 0. The van der Waals surface area contributed by atoms with Gasteiger partial charge in [-0.1, -0.05) is 93.6 Å². The number of benzene rings is 1. The lowest BCUT2D eigenvalue weighted by Gasteiger charge is -2.41. The molecule has 0 radical (unpaired) electrons. The van der Waals surface area contributed by atoms with E-state index >= 15 is 0 Å². The highest BCUT2D eigenvalue weighted by atomic mass is 35.5. The van der Waals surface area contributed by atoms with Crippen molar-refractivity contribution in [2.75, 3.05) is 24.5 Å². The third-order valence-electron chi connectivity index (χ3n) is 7.92. The number of anilines is 1. The van der Waals surface area contributed by atoms with Gasteiger partial charge in [-0.2, -0.15) is 4.98 Å². The first-order chi connectivity index (χ1) is 21.1. The highest BCUT2D eigenvalue weighted by molar-refractivity contribution is 6.30. The molecule has 2 aliphatic rings. The molecule has 1 aromatic carbocycles. The molecule has 240 valence electrons. The van der Waals surface area contributed by atoms with E-state index in [-0.39, 0.29) is 11.7 Å². The van der Waals surface area contributed by atoms with E-state index in [2.05, 4.69) is 27.4 Å². The summed E-state index contributed by atoms with van der Waals surface area (Å²) >= 11 is 5.94. The van der Waals surface area contributed by atoms with E-state index in [9.17, 15) is 13.6 Å². The van der Waals surface area contributed by atoms with Crippen LogP contribution in [0.25, 0.3) is 11.3 Å². The lowest BCUT2D eigenvalue weighted by Crippen LogP contribution is -2.56. The Labute approximate surface area is 263 Å². The Bertz CT molecular complexity index is 1340. The fourth-order valence-electron chi connectivity index (χ4n) is 5.32. The van der Waals surface area contributed by atoms with Crippen molar-refractivity contribution in [3.05, 3.63) is 58.8 Å². The zero-order valence-electron chi connectivity index (χ0n) is 25.7. The molecule has 44 heavy (non-hydrogen) atoms. The van der Waals surface area contributed by atoms with E-state index in [0.717, 1.165) is 24.7 Å². The predicted octanol–water partition coefficient (Wildman–Crippen LogP) is 8.51. The van der Waals surface area contributed by atoms with Crippen LogP contribution in [0.1, 0.15) is 106 Å². The summed E-state index contributed by atoms with van der Waals surface area (Å²) in [4.78, 5) is 21.1. The molecule has 3 aromatic rings. The van der Waals surface area contributed by atoms with Gasteiger partial charge in [0.2, 0.25) is 5.89 Å². The van der Waals surface area contributed by atoms with Gasteiger partial charge in [-0.3, -0.25) is 0 Å². The van der Waals surface area contributed by atoms with Crippen molar-refractivity contribution < 1.29 is 23.2 Å².